The molecule has 0 bridgehead atoms. The molecule has 0 atom stereocenters. The quantitative estimate of drug-likeness (QED) is 0.759. The third-order valence-corrected chi connectivity index (χ3v) is 2.76. The second-order valence-electron chi connectivity index (χ2n) is 4.37. The number of nitrogens with one attached hydrogen (secondary N) is 2. The number of hydrogen-bond donors (Lipinski definition) is 2. The van der Waals surface area contributed by atoms with E-state index >= 15 is 0 Å². The van der Waals surface area contributed by atoms with Gasteiger partial charge >= 0.3 is 0 Å². The van der Waals surface area contributed by atoms with Crippen LogP contribution in [-0.2, 0) is 6.42 Å². The highest BCUT2D eigenvalue weighted by atomic mass is 16.5. The molecule has 2 rings (SSSR count). The average Bonchev–Trinajstić information content (AvgIpc) is 2.47. The SMILES string of the molecule is CCc1nc(NCCCOc2ccccc2)cc(=O)[nH]1. The Bertz CT molecular complexity index is 581. The van der Waals surface area contributed by atoms with Crippen LogP contribution in [0.15, 0.2) is 41.2 Å². The number of benzene rings is 1. The number of anilines is 1. The van der Waals surface area contributed by atoms with Gasteiger partial charge in [0.05, 0.1) is 6.61 Å². The highest BCUT2D eigenvalue weighted by Crippen LogP contribution is 2.08. The number of aromatic amines is 1. The molecular formula is C15H19N3O2. The number of para-hydroxylation sites is 1. The van der Waals surface area contributed by atoms with Gasteiger partial charge in [0.15, 0.2) is 0 Å². The lowest BCUT2D eigenvalue weighted by molar-refractivity contribution is 0.315. The third kappa shape index (κ3) is 4.42. The molecule has 0 radical (unpaired) electrons. The summed E-state index contributed by atoms with van der Waals surface area (Å²) in [4.78, 5) is 18.4. The predicted molar refractivity (Wildman–Crippen MR) is 79.3 cm³/mol. The molecule has 1 aromatic carbocycles. The van der Waals surface area contributed by atoms with Crippen molar-refractivity contribution in [2.75, 3.05) is 18.5 Å². The van der Waals surface area contributed by atoms with Crippen molar-refractivity contribution in [1.29, 1.82) is 0 Å². The van der Waals surface area contributed by atoms with E-state index in [1.165, 1.54) is 6.07 Å². The molecule has 0 aliphatic rings. The van der Waals surface area contributed by atoms with Crippen molar-refractivity contribution in [3.8, 4) is 5.75 Å². The van der Waals surface area contributed by atoms with Gasteiger partial charge in [0.25, 0.3) is 5.56 Å². The maximum Gasteiger partial charge on any atom is 0.252 e. The van der Waals surface area contributed by atoms with Gasteiger partial charge in [-0.05, 0) is 18.6 Å². The van der Waals surface area contributed by atoms with E-state index < -0.39 is 0 Å². The van der Waals surface area contributed by atoms with Crippen molar-refractivity contribution in [3.63, 3.8) is 0 Å². The van der Waals surface area contributed by atoms with Crippen molar-refractivity contribution in [2.45, 2.75) is 19.8 Å². The Morgan fingerprint density at radius 3 is 2.85 bits per heavy atom. The summed E-state index contributed by atoms with van der Waals surface area (Å²) in [5.74, 6) is 2.18. The molecule has 0 fully saturated rings. The van der Waals surface area contributed by atoms with Crippen LogP contribution in [0.5, 0.6) is 5.75 Å². The number of H-pyrrole nitrogens is 1. The molecule has 2 N–H and O–H groups in total. The summed E-state index contributed by atoms with van der Waals surface area (Å²) < 4.78 is 5.58. The highest BCUT2D eigenvalue weighted by Gasteiger charge is 1.99. The zero-order chi connectivity index (χ0) is 14.2. The summed E-state index contributed by atoms with van der Waals surface area (Å²) >= 11 is 0. The van der Waals surface area contributed by atoms with Gasteiger partial charge < -0.3 is 15.0 Å². The monoisotopic (exact) mass is 273 g/mol. The summed E-state index contributed by atoms with van der Waals surface area (Å²) in [5.41, 5.74) is -0.125. The lowest BCUT2D eigenvalue weighted by atomic mass is 10.3. The van der Waals surface area contributed by atoms with Gasteiger partial charge in [-0.25, -0.2) is 4.98 Å². The van der Waals surface area contributed by atoms with Gasteiger partial charge in [0.2, 0.25) is 0 Å². The minimum absolute atomic E-state index is 0.125. The topological polar surface area (TPSA) is 67.0 Å². The maximum absolute atomic E-state index is 11.4. The van der Waals surface area contributed by atoms with Crippen LogP contribution in [0.3, 0.4) is 0 Å². The number of aryl methyl sites for hydroxylation is 1. The fourth-order valence-corrected chi connectivity index (χ4v) is 1.76. The van der Waals surface area contributed by atoms with Crippen LogP contribution in [0.2, 0.25) is 0 Å². The van der Waals surface area contributed by atoms with Crippen LogP contribution in [-0.4, -0.2) is 23.1 Å². The Labute approximate surface area is 118 Å². The first kappa shape index (κ1) is 14.1. The molecule has 1 aromatic heterocycles. The van der Waals surface area contributed by atoms with E-state index in [9.17, 15) is 4.79 Å². The van der Waals surface area contributed by atoms with Crippen molar-refractivity contribution < 1.29 is 4.74 Å². The van der Waals surface area contributed by atoms with Crippen LogP contribution in [0.1, 0.15) is 19.2 Å². The van der Waals surface area contributed by atoms with Gasteiger partial charge in [-0.3, -0.25) is 4.79 Å². The van der Waals surface area contributed by atoms with Gasteiger partial charge in [-0.1, -0.05) is 25.1 Å². The number of hydrogen-bond acceptors (Lipinski definition) is 4. The summed E-state index contributed by atoms with van der Waals surface area (Å²) in [6, 6.07) is 11.2. The van der Waals surface area contributed by atoms with Crippen molar-refractivity contribution >= 4 is 5.82 Å². The van der Waals surface area contributed by atoms with Crippen molar-refractivity contribution in [1.82, 2.24) is 9.97 Å². The van der Waals surface area contributed by atoms with E-state index in [4.69, 9.17) is 4.74 Å². The lowest BCUT2D eigenvalue weighted by Crippen LogP contribution is -2.15. The largest absolute Gasteiger partial charge is 0.494 e. The fourth-order valence-electron chi connectivity index (χ4n) is 1.76. The normalized spacial score (nSPS) is 10.2. The molecular weight excluding hydrogens is 254 g/mol. The zero-order valence-corrected chi connectivity index (χ0v) is 11.6. The first-order chi connectivity index (χ1) is 9.78. The van der Waals surface area contributed by atoms with Crippen LogP contribution in [0, 0.1) is 0 Å². The molecule has 0 aliphatic carbocycles. The Morgan fingerprint density at radius 2 is 2.10 bits per heavy atom. The number of nitrogens with zero attached hydrogens (tertiary/aromatic N) is 1. The summed E-state index contributed by atoms with van der Waals surface area (Å²) in [7, 11) is 0. The Hall–Kier alpha value is -2.30. The van der Waals surface area contributed by atoms with E-state index in [1.807, 2.05) is 37.3 Å². The number of ether oxygens (including phenoxy) is 1. The second-order valence-corrected chi connectivity index (χ2v) is 4.37. The molecule has 0 saturated heterocycles. The molecule has 2 aromatic rings. The van der Waals surface area contributed by atoms with Gasteiger partial charge in [0, 0.05) is 19.0 Å². The molecule has 0 aliphatic heterocycles. The van der Waals surface area contributed by atoms with E-state index in [0.717, 1.165) is 12.2 Å². The molecule has 0 amide bonds. The van der Waals surface area contributed by atoms with Crippen LogP contribution in [0.4, 0.5) is 5.82 Å². The molecule has 1 heterocycles. The first-order valence-electron chi connectivity index (χ1n) is 6.80. The minimum atomic E-state index is -0.125. The Morgan fingerprint density at radius 1 is 1.30 bits per heavy atom. The van der Waals surface area contributed by atoms with E-state index in [-0.39, 0.29) is 5.56 Å². The number of aromatic nitrogens is 2. The molecule has 5 nitrogen and oxygen atoms in total. The second kappa shape index (κ2) is 7.33. The van der Waals surface area contributed by atoms with E-state index in [0.29, 0.717) is 31.2 Å². The maximum atomic E-state index is 11.4. The highest BCUT2D eigenvalue weighted by molar-refractivity contribution is 5.32. The first-order valence-corrected chi connectivity index (χ1v) is 6.80. The van der Waals surface area contributed by atoms with Crippen LogP contribution in [0.25, 0.3) is 0 Å². The van der Waals surface area contributed by atoms with Crippen molar-refractivity contribution in [3.05, 3.63) is 52.6 Å². The van der Waals surface area contributed by atoms with E-state index in [1.54, 1.807) is 0 Å². The molecule has 5 heteroatoms. The van der Waals surface area contributed by atoms with Crippen LogP contribution >= 0.6 is 0 Å². The molecule has 106 valence electrons. The summed E-state index contributed by atoms with van der Waals surface area (Å²) in [6.45, 7) is 3.29. The Kier molecular flexibility index (Phi) is 5.17. The molecule has 0 saturated carbocycles. The van der Waals surface area contributed by atoms with E-state index in [2.05, 4.69) is 15.3 Å². The van der Waals surface area contributed by atoms with Gasteiger partial charge in [-0.2, -0.15) is 0 Å². The molecule has 0 spiro atoms. The number of rotatable bonds is 7. The summed E-state index contributed by atoms with van der Waals surface area (Å²) in [5, 5.41) is 3.14. The summed E-state index contributed by atoms with van der Waals surface area (Å²) in [6.07, 6.45) is 1.55. The lowest BCUT2D eigenvalue weighted by Gasteiger charge is -2.08. The standard InChI is InChI=1S/C15H19N3O2/c1-2-13-17-14(11-15(19)18-13)16-9-6-10-20-12-7-4-3-5-8-12/h3-5,7-8,11H,2,6,9-10H2,1H3,(H2,16,17,18,19). The molecule has 0 unspecified atom stereocenters. The fraction of sp³-hybridized carbons (Fsp3) is 0.333. The molecule has 20 heavy (non-hydrogen) atoms. The predicted octanol–water partition coefficient (Wildman–Crippen LogP) is 2.21. The van der Waals surface area contributed by atoms with Crippen molar-refractivity contribution in [2.24, 2.45) is 0 Å². The minimum Gasteiger partial charge on any atom is -0.494 e. The zero-order valence-electron chi connectivity index (χ0n) is 11.6. The van der Waals surface area contributed by atoms with Gasteiger partial charge in [0.1, 0.15) is 17.4 Å². The average molecular weight is 273 g/mol. The van der Waals surface area contributed by atoms with Gasteiger partial charge in [-0.15, -0.1) is 0 Å². The smallest absolute Gasteiger partial charge is 0.252 e. The third-order valence-electron chi connectivity index (χ3n) is 2.76. The Balaban J connectivity index is 1.73. The van der Waals surface area contributed by atoms with Crippen LogP contribution < -0.4 is 15.6 Å².